The van der Waals surface area contributed by atoms with Crippen LogP contribution in [0.1, 0.15) is 84.0 Å². The molecular weight excluding hydrogens is 320 g/mol. The molecule has 26 heavy (non-hydrogen) atoms. The molecule has 0 heterocycles. The predicted molar refractivity (Wildman–Crippen MR) is 101 cm³/mol. The van der Waals surface area contributed by atoms with Crippen LogP contribution in [0, 0.1) is 40.4 Å². The zero-order valence-electron chi connectivity index (χ0n) is 16.4. The second-order valence-electron chi connectivity index (χ2n) is 11.8. The van der Waals surface area contributed by atoms with Crippen LogP contribution >= 0.6 is 0 Å². The second kappa shape index (κ2) is 4.97. The van der Waals surface area contributed by atoms with Crippen molar-refractivity contribution in [2.45, 2.75) is 89.6 Å². The summed E-state index contributed by atoms with van der Waals surface area (Å²) in [6.07, 6.45) is 16.8. The van der Waals surface area contributed by atoms with Gasteiger partial charge in [0.05, 0.1) is 0 Å². The van der Waals surface area contributed by atoms with Gasteiger partial charge in [0.15, 0.2) is 0 Å². The molecule has 8 rings (SSSR count). The van der Waals surface area contributed by atoms with E-state index < -0.39 is 0 Å². The molecule has 0 aromatic carbocycles. The quantitative estimate of drug-likeness (QED) is 0.483. The highest BCUT2D eigenvalue weighted by atomic mass is 16.6. The summed E-state index contributed by atoms with van der Waals surface area (Å²) in [5.41, 5.74) is 1.51. The minimum absolute atomic E-state index is 0.132. The van der Waals surface area contributed by atoms with Crippen LogP contribution in [0.3, 0.4) is 0 Å². The fourth-order valence-electron chi connectivity index (χ4n) is 9.96. The molecule has 2 nitrogen and oxygen atoms in total. The Morgan fingerprint density at radius 3 is 1.73 bits per heavy atom. The third-order valence-electron chi connectivity index (χ3n) is 9.83. The first-order valence-corrected chi connectivity index (χ1v) is 11.3. The van der Waals surface area contributed by atoms with Crippen molar-refractivity contribution in [1.29, 1.82) is 0 Å². The molecule has 0 spiro atoms. The van der Waals surface area contributed by atoms with Gasteiger partial charge in [0.1, 0.15) is 5.60 Å². The highest BCUT2D eigenvalue weighted by Crippen LogP contribution is 2.75. The maximum Gasteiger partial charge on any atom is 0.333 e. The molecule has 0 amide bonds. The zero-order chi connectivity index (χ0) is 17.7. The number of carbonyl (C=O) groups is 1. The summed E-state index contributed by atoms with van der Waals surface area (Å²) in [4.78, 5) is 12.5. The molecule has 142 valence electrons. The lowest BCUT2D eigenvalue weighted by molar-refractivity contribution is -0.248. The van der Waals surface area contributed by atoms with E-state index in [9.17, 15) is 4.79 Å². The first-order chi connectivity index (χ1) is 12.4. The van der Waals surface area contributed by atoms with E-state index in [-0.39, 0.29) is 11.6 Å². The van der Waals surface area contributed by atoms with Gasteiger partial charge >= 0.3 is 5.97 Å². The summed E-state index contributed by atoms with van der Waals surface area (Å²) in [6.45, 7) is 5.65. The summed E-state index contributed by atoms with van der Waals surface area (Å²) in [5.74, 6) is 4.53. The van der Waals surface area contributed by atoms with E-state index in [2.05, 4.69) is 6.58 Å². The maximum absolute atomic E-state index is 12.5. The molecule has 0 radical (unpaired) electrons. The van der Waals surface area contributed by atoms with Crippen LogP contribution in [-0.4, -0.2) is 11.6 Å². The third kappa shape index (κ3) is 2.08. The van der Waals surface area contributed by atoms with Crippen molar-refractivity contribution >= 4 is 5.97 Å². The highest BCUT2D eigenvalue weighted by molar-refractivity contribution is 5.87. The molecule has 0 saturated heterocycles. The molecule has 0 aromatic rings. The van der Waals surface area contributed by atoms with Crippen molar-refractivity contribution in [3.8, 4) is 0 Å². The Morgan fingerprint density at radius 2 is 1.23 bits per heavy atom. The van der Waals surface area contributed by atoms with Crippen molar-refractivity contribution in [3.63, 3.8) is 0 Å². The third-order valence-corrected chi connectivity index (χ3v) is 9.83. The zero-order valence-corrected chi connectivity index (χ0v) is 16.4. The second-order valence-corrected chi connectivity index (χ2v) is 11.8. The van der Waals surface area contributed by atoms with E-state index in [1.165, 1.54) is 64.2 Å². The van der Waals surface area contributed by atoms with Crippen LogP contribution in [-0.2, 0) is 9.53 Å². The number of carbonyl (C=O) groups excluding carboxylic acids is 1. The molecular formula is C24H34O2. The Bertz CT molecular complexity index is 624. The molecule has 0 N–H and O–H groups in total. The monoisotopic (exact) mass is 354 g/mol. The molecule has 0 aliphatic heterocycles. The Morgan fingerprint density at radius 1 is 0.769 bits per heavy atom. The highest BCUT2D eigenvalue weighted by Gasteiger charge is 2.68. The molecule has 2 heteroatoms. The standard InChI is InChI=1S/C24H34O2/c1-15(2)21(25)26-24-12-19-6-20(13-24)11-23(10-19,14-24)22-7-16-3-17(8-22)5-18(4-16)9-22/h16-20H,1,3-14H2,2H3/t16?,17?,18?,19-,20+,22?,23?,24?. The Labute approximate surface area is 158 Å². The van der Waals surface area contributed by atoms with Gasteiger partial charge in [0, 0.05) is 5.57 Å². The van der Waals surface area contributed by atoms with Crippen molar-refractivity contribution < 1.29 is 9.53 Å². The maximum atomic E-state index is 12.5. The number of hydrogen-bond donors (Lipinski definition) is 0. The minimum atomic E-state index is -0.149. The predicted octanol–water partition coefficient (Wildman–Crippen LogP) is 5.66. The first-order valence-electron chi connectivity index (χ1n) is 11.3. The van der Waals surface area contributed by atoms with E-state index in [1.54, 1.807) is 6.92 Å². The van der Waals surface area contributed by atoms with Gasteiger partial charge in [-0.2, -0.15) is 0 Å². The number of ether oxygens (including phenoxy) is 1. The molecule has 8 aliphatic rings. The van der Waals surface area contributed by atoms with Crippen LogP contribution in [0.5, 0.6) is 0 Å². The average molecular weight is 355 g/mol. The van der Waals surface area contributed by atoms with Crippen molar-refractivity contribution in [1.82, 2.24) is 0 Å². The van der Waals surface area contributed by atoms with Gasteiger partial charge in [-0.15, -0.1) is 0 Å². The van der Waals surface area contributed by atoms with Crippen LogP contribution in [0.15, 0.2) is 12.2 Å². The topological polar surface area (TPSA) is 26.3 Å². The molecule has 4 atom stereocenters. The SMILES string of the molecule is C=C(C)C(=O)OC12C[C@H]3C[C@@H](C1)CC(C14CC5CC(CC(C5)C1)C4)(C3)C2. The van der Waals surface area contributed by atoms with Crippen molar-refractivity contribution in [2.75, 3.05) is 0 Å². The normalized spacial score (nSPS) is 56.0. The summed E-state index contributed by atoms with van der Waals surface area (Å²) in [5, 5.41) is 0. The number of esters is 1. The fourth-order valence-corrected chi connectivity index (χ4v) is 9.96. The van der Waals surface area contributed by atoms with E-state index >= 15 is 0 Å². The molecule has 0 aromatic heterocycles. The van der Waals surface area contributed by atoms with Crippen LogP contribution in [0.25, 0.3) is 0 Å². The molecule has 8 aliphatic carbocycles. The Kier molecular flexibility index (Phi) is 3.10. The van der Waals surface area contributed by atoms with Gasteiger partial charge in [0.25, 0.3) is 0 Å². The number of hydrogen-bond acceptors (Lipinski definition) is 2. The van der Waals surface area contributed by atoms with Crippen molar-refractivity contribution in [2.24, 2.45) is 40.4 Å². The van der Waals surface area contributed by atoms with Gasteiger partial charge in [0.2, 0.25) is 0 Å². The minimum Gasteiger partial charge on any atom is -0.456 e. The lowest BCUT2D eigenvalue weighted by atomic mass is 9.34. The summed E-state index contributed by atoms with van der Waals surface area (Å²) in [6, 6.07) is 0. The summed E-state index contributed by atoms with van der Waals surface area (Å²) < 4.78 is 6.26. The molecule has 8 bridgehead atoms. The van der Waals surface area contributed by atoms with E-state index in [1.807, 2.05) is 0 Å². The Hall–Kier alpha value is -0.790. The molecule has 8 saturated carbocycles. The first kappa shape index (κ1) is 16.2. The number of rotatable bonds is 3. The van der Waals surface area contributed by atoms with Gasteiger partial charge in [-0.05, 0) is 124 Å². The smallest absolute Gasteiger partial charge is 0.333 e. The van der Waals surface area contributed by atoms with Crippen LogP contribution < -0.4 is 0 Å². The fraction of sp³-hybridized carbons (Fsp3) is 0.875. The van der Waals surface area contributed by atoms with Crippen molar-refractivity contribution in [3.05, 3.63) is 12.2 Å². The van der Waals surface area contributed by atoms with E-state index in [0.29, 0.717) is 16.4 Å². The van der Waals surface area contributed by atoms with Gasteiger partial charge < -0.3 is 4.74 Å². The Balaban J connectivity index is 1.37. The summed E-state index contributed by atoms with van der Waals surface area (Å²) in [7, 11) is 0. The largest absolute Gasteiger partial charge is 0.456 e. The average Bonchev–Trinajstić information content (AvgIpc) is 2.51. The van der Waals surface area contributed by atoms with E-state index in [4.69, 9.17) is 4.74 Å². The van der Waals surface area contributed by atoms with Crippen LogP contribution in [0.2, 0.25) is 0 Å². The van der Waals surface area contributed by atoms with E-state index in [0.717, 1.165) is 42.4 Å². The molecule has 8 fully saturated rings. The lowest BCUT2D eigenvalue weighted by Crippen LogP contribution is -2.65. The lowest BCUT2D eigenvalue weighted by Gasteiger charge is -2.71. The van der Waals surface area contributed by atoms with Crippen LogP contribution in [0.4, 0.5) is 0 Å². The summed E-state index contributed by atoms with van der Waals surface area (Å²) >= 11 is 0. The van der Waals surface area contributed by atoms with Gasteiger partial charge in [-0.3, -0.25) is 0 Å². The van der Waals surface area contributed by atoms with Gasteiger partial charge in [-0.25, -0.2) is 4.79 Å². The van der Waals surface area contributed by atoms with Gasteiger partial charge in [-0.1, -0.05) is 6.58 Å². The molecule has 2 unspecified atom stereocenters.